The summed E-state index contributed by atoms with van der Waals surface area (Å²) in [6.45, 7) is 0. The molecule has 0 saturated heterocycles. The lowest BCUT2D eigenvalue weighted by Crippen LogP contribution is -2.09. The SMILES string of the molecule is c1ccc(-c2ccc(N(c3ccc(-c4ccc5ccccc5c4)cc3)c3ccc4ccc5c6cccnc6oc5c4c3)cc2)cc1. The van der Waals surface area contributed by atoms with Gasteiger partial charge in [0.1, 0.15) is 5.58 Å². The fourth-order valence-electron chi connectivity index (χ4n) is 6.57. The second kappa shape index (κ2) is 10.8. The van der Waals surface area contributed by atoms with Gasteiger partial charge in [0.05, 0.1) is 0 Å². The summed E-state index contributed by atoms with van der Waals surface area (Å²) in [5.74, 6) is 0. The monoisotopic (exact) mass is 588 g/mol. The Kier molecular flexibility index (Phi) is 6.14. The molecule has 0 N–H and O–H groups in total. The first-order valence-electron chi connectivity index (χ1n) is 15.5. The maximum atomic E-state index is 6.34. The normalized spacial score (nSPS) is 11.5. The Morgan fingerprint density at radius 3 is 1.78 bits per heavy atom. The van der Waals surface area contributed by atoms with E-state index in [4.69, 9.17) is 4.42 Å². The van der Waals surface area contributed by atoms with Gasteiger partial charge in [0, 0.05) is 39.4 Å². The Labute approximate surface area is 266 Å². The van der Waals surface area contributed by atoms with Crippen LogP contribution in [0.1, 0.15) is 0 Å². The van der Waals surface area contributed by atoms with Crippen molar-refractivity contribution in [1.82, 2.24) is 4.98 Å². The van der Waals surface area contributed by atoms with Crippen LogP contribution in [0, 0.1) is 0 Å². The van der Waals surface area contributed by atoms with Crippen LogP contribution in [-0.2, 0) is 0 Å². The number of rotatable bonds is 5. The second-order valence-electron chi connectivity index (χ2n) is 11.7. The number of aromatic nitrogens is 1. The van der Waals surface area contributed by atoms with E-state index in [2.05, 4.69) is 168 Å². The van der Waals surface area contributed by atoms with E-state index in [0.29, 0.717) is 5.71 Å². The van der Waals surface area contributed by atoms with Gasteiger partial charge in [-0.1, -0.05) is 103 Å². The van der Waals surface area contributed by atoms with Crippen LogP contribution in [0.2, 0.25) is 0 Å². The van der Waals surface area contributed by atoms with Crippen molar-refractivity contribution >= 4 is 60.7 Å². The van der Waals surface area contributed by atoms with Crippen LogP contribution >= 0.6 is 0 Å². The van der Waals surface area contributed by atoms with E-state index in [-0.39, 0.29) is 0 Å². The lowest BCUT2D eigenvalue weighted by atomic mass is 10.0. The predicted molar refractivity (Wildman–Crippen MR) is 192 cm³/mol. The van der Waals surface area contributed by atoms with Gasteiger partial charge < -0.3 is 9.32 Å². The van der Waals surface area contributed by atoms with Crippen molar-refractivity contribution in [3.63, 3.8) is 0 Å². The van der Waals surface area contributed by atoms with E-state index in [1.807, 2.05) is 6.07 Å². The number of anilines is 3. The molecule has 0 fully saturated rings. The third kappa shape index (κ3) is 4.49. The summed E-state index contributed by atoms with van der Waals surface area (Å²) in [5.41, 5.74) is 9.51. The molecule has 0 aliphatic heterocycles. The molecule has 0 atom stereocenters. The van der Waals surface area contributed by atoms with Gasteiger partial charge in [0.25, 0.3) is 0 Å². The van der Waals surface area contributed by atoms with Crippen molar-refractivity contribution in [3.05, 3.63) is 170 Å². The maximum absolute atomic E-state index is 6.34. The fraction of sp³-hybridized carbons (Fsp3) is 0. The third-order valence-electron chi connectivity index (χ3n) is 8.91. The topological polar surface area (TPSA) is 29.3 Å². The Morgan fingerprint density at radius 2 is 1.00 bits per heavy atom. The summed E-state index contributed by atoms with van der Waals surface area (Å²) < 4.78 is 6.34. The number of fused-ring (bicyclic) bond motifs is 6. The Morgan fingerprint density at radius 1 is 0.391 bits per heavy atom. The van der Waals surface area contributed by atoms with Crippen LogP contribution in [0.4, 0.5) is 17.1 Å². The summed E-state index contributed by atoms with van der Waals surface area (Å²) in [5, 5.41) is 6.79. The first-order chi connectivity index (χ1) is 22.8. The molecule has 2 aromatic heterocycles. The lowest BCUT2D eigenvalue weighted by molar-refractivity contribution is 0.657. The van der Waals surface area contributed by atoms with E-state index in [9.17, 15) is 0 Å². The molecule has 0 aliphatic rings. The molecule has 3 nitrogen and oxygen atoms in total. The number of pyridine rings is 1. The standard InChI is InChI=1S/C43H28N2O/c1-2-7-29(8-3-1)31-14-20-36(21-15-31)45(37-22-16-32(17-23-37)35-13-12-30-9-4-5-10-34(30)27-35)38-24-18-33-19-25-39-40-11-6-26-44-43(40)46-42(39)41(33)28-38/h1-28H. The highest BCUT2D eigenvalue weighted by atomic mass is 16.3. The van der Waals surface area contributed by atoms with Gasteiger partial charge >= 0.3 is 0 Å². The number of benzene rings is 7. The average molecular weight is 589 g/mol. The van der Waals surface area contributed by atoms with E-state index < -0.39 is 0 Å². The van der Waals surface area contributed by atoms with Crippen LogP contribution in [0.5, 0.6) is 0 Å². The summed E-state index contributed by atoms with van der Waals surface area (Å²) in [6.07, 6.45) is 1.78. The molecule has 2 heterocycles. The number of hydrogen-bond acceptors (Lipinski definition) is 3. The highest BCUT2D eigenvalue weighted by Crippen LogP contribution is 2.40. The van der Waals surface area contributed by atoms with E-state index >= 15 is 0 Å². The largest absolute Gasteiger partial charge is 0.437 e. The molecule has 0 aliphatic carbocycles. The third-order valence-corrected chi connectivity index (χ3v) is 8.91. The summed E-state index contributed by atoms with van der Waals surface area (Å²) in [7, 11) is 0. The van der Waals surface area contributed by atoms with Crippen molar-refractivity contribution in [2.75, 3.05) is 4.90 Å². The zero-order chi connectivity index (χ0) is 30.5. The van der Waals surface area contributed by atoms with Crippen LogP contribution < -0.4 is 4.90 Å². The van der Waals surface area contributed by atoms with E-state index in [1.54, 1.807) is 6.20 Å². The Balaban J connectivity index is 1.18. The van der Waals surface area contributed by atoms with E-state index in [1.165, 1.54) is 33.0 Å². The van der Waals surface area contributed by atoms with Gasteiger partial charge in [-0.15, -0.1) is 0 Å². The van der Waals surface area contributed by atoms with Gasteiger partial charge in [0.2, 0.25) is 5.71 Å². The molecule has 7 aromatic carbocycles. The molecule has 46 heavy (non-hydrogen) atoms. The van der Waals surface area contributed by atoms with Gasteiger partial charge in [-0.25, -0.2) is 4.98 Å². The minimum absolute atomic E-state index is 0.660. The molecule has 0 spiro atoms. The van der Waals surface area contributed by atoms with Crippen LogP contribution in [-0.4, -0.2) is 4.98 Å². The molecule has 9 aromatic rings. The molecular weight excluding hydrogens is 560 g/mol. The minimum Gasteiger partial charge on any atom is -0.437 e. The van der Waals surface area contributed by atoms with Crippen molar-refractivity contribution in [2.45, 2.75) is 0 Å². The molecule has 0 unspecified atom stereocenters. The lowest BCUT2D eigenvalue weighted by Gasteiger charge is -2.26. The van der Waals surface area contributed by atoms with Gasteiger partial charge in [0.15, 0.2) is 0 Å². The van der Waals surface area contributed by atoms with Gasteiger partial charge in [-0.05, 0) is 99.1 Å². The van der Waals surface area contributed by atoms with Crippen molar-refractivity contribution in [1.29, 1.82) is 0 Å². The van der Waals surface area contributed by atoms with Crippen LogP contribution in [0.3, 0.4) is 0 Å². The Hall–Kier alpha value is -6.19. The molecule has 216 valence electrons. The van der Waals surface area contributed by atoms with Crippen molar-refractivity contribution in [3.8, 4) is 22.3 Å². The zero-order valence-corrected chi connectivity index (χ0v) is 25.0. The molecular formula is C43H28N2O. The summed E-state index contributed by atoms with van der Waals surface area (Å²) in [4.78, 5) is 6.80. The predicted octanol–water partition coefficient (Wildman–Crippen LogP) is 12.1. The van der Waals surface area contributed by atoms with Crippen molar-refractivity contribution in [2.24, 2.45) is 0 Å². The first-order valence-corrected chi connectivity index (χ1v) is 15.5. The van der Waals surface area contributed by atoms with Gasteiger partial charge in [-0.3, -0.25) is 0 Å². The zero-order valence-electron chi connectivity index (χ0n) is 25.0. The van der Waals surface area contributed by atoms with E-state index in [0.717, 1.165) is 44.2 Å². The van der Waals surface area contributed by atoms with Gasteiger partial charge in [-0.2, -0.15) is 0 Å². The average Bonchev–Trinajstić information content (AvgIpc) is 3.52. The minimum atomic E-state index is 0.660. The molecule has 3 heteroatoms. The highest BCUT2D eigenvalue weighted by Gasteiger charge is 2.17. The molecule has 0 amide bonds. The molecule has 9 rings (SSSR count). The molecule has 0 bridgehead atoms. The smallest absolute Gasteiger partial charge is 0.227 e. The molecule has 0 radical (unpaired) electrons. The first kappa shape index (κ1) is 26.2. The quantitative estimate of drug-likeness (QED) is 0.200. The highest BCUT2D eigenvalue weighted by molar-refractivity contribution is 6.15. The number of hydrogen-bond donors (Lipinski definition) is 0. The fourth-order valence-corrected chi connectivity index (χ4v) is 6.57. The Bertz CT molecular complexity index is 2510. The number of furan rings is 1. The summed E-state index contributed by atoms with van der Waals surface area (Å²) >= 11 is 0. The maximum Gasteiger partial charge on any atom is 0.227 e. The van der Waals surface area contributed by atoms with Crippen LogP contribution in [0.25, 0.3) is 65.9 Å². The summed E-state index contributed by atoms with van der Waals surface area (Å²) in [6, 6.07) is 58.3. The van der Waals surface area contributed by atoms with Crippen LogP contribution in [0.15, 0.2) is 174 Å². The second-order valence-corrected chi connectivity index (χ2v) is 11.7. The number of nitrogens with zero attached hydrogens (tertiary/aromatic N) is 2. The molecule has 0 saturated carbocycles. The van der Waals surface area contributed by atoms with Crippen molar-refractivity contribution < 1.29 is 4.42 Å².